The molecule has 0 aromatic heterocycles. The summed E-state index contributed by atoms with van der Waals surface area (Å²) in [6.07, 6.45) is 4.45. The zero-order chi connectivity index (χ0) is 25.8. The molecule has 3 rings (SSSR count). The third kappa shape index (κ3) is 7.60. The van der Waals surface area contributed by atoms with E-state index in [1.807, 2.05) is 17.0 Å². The van der Waals surface area contributed by atoms with Crippen LogP contribution in [0.2, 0.25) is 0 Å². The molecule has 0 spiro atoms. The van der Waals surface area contributed by atoms with Crippen LogP contribution in [0.5, 0.6) is 0 Å². The lowest BCUT2D eigenvalue weighted by atomic mass is 9.68. The van der Waals surface area contributed by atoms with Gasteiger partial charge in [-0.2, -0.15) is 0 Å². The van der Waals surface area contributed by atoms with Crippen LogP contribution in [0.3, 0.4) is 0 Å². The second-order valence-corrected chi connectivity index (χ2v) is 9.77. The number of nitrogens with zero attached hydrogens (tertiary/aromatic N) is 1. The first kappa shape index (κ1) is 28.3. The van der Waals surface area contributed by atoms with Crippen LogP contribution in [-0.4, -0.2) is 62.2 Å². The molecule has 0 atom stereocenters. The van der Waals surface area contributed by atoms with Crippen LogP contribution in [-0.2, 0) is 31.0 Å². The summed E-state index contributed by atoms with van der Waals surface area (Å²) in [5.74, 6) is -0.678. The smallest absolute Gasteiger partial charge is 0.337 e. The number of ether oxygens (including phenoxy) is 3. The fourth-order valence-corrected chi connectivity index (χ4v) is 4.97. The number of alkyl halides is 1. The van der Waals surface area contributed by atoms with Crippen molar-refractivity contribution in [2.24, 2.45) is 0 Å². The minimum Gasteiger partial charge on any atom is -0.465 e. The summed E-state index contributed by atoms with van der Waals surface area (Å²) < 4.78 is 29.7. The van der Waals surface area contributed by atoms with Crippen LogP contribution >= 0.6 is 15.9 Å². The number of rotatable bonds is 13. The Morgan fingerprint density at radius 3 is 2.17 bits per heavy atom. The molecule has 36 heavy (non-hydrogen) atoms. The summed E-state index contributed by atoms with van der Waals surface area (Å²) in [5.41, 5.74) is 1.54. The zero-order valence-electron chi connectivity index (χ0n) is 20.8. The predicted molar refractivity (Wildman–Crippen MR) is 140 cm³/mol. The third-order valence-corrected chi connectivity index (χ3v) is 6.97. The van der Waals surface area contributed by atoms with E-state index in [1.165, 1.54) is 19.2 Å². The Balaban J connectivity index is 1.80. The maximum Gasteiger partial charge on any atom is 0.337 e. The van der Waals surface area contributed by atoms with Crippen molar-refractivity contribution in [1.29, 1.82) is 0 Å². The van der Waals surface area contributed by atoms with Gasteiger partial charge in [0.2, 0.25) is 5.91 Å². The molecule has 1 aliphatic rings. The van der Waals surface area contributed by atoms with Crippen molar-refractivity contribution < 1.29 is 28.2 Å². The molecule has 6 nitrogen and oxygen atoms in total. The van der Waals surface area contributed by atoms with Gasteiger partial charge < -0.3 is 19.1 Å². The molecule has 1 aliphatic carbocycles. The highest BCUT2D eigenvalue weighted by Gasteiger charge is 2.43. The van der Waals surface area contributed by atoms with Crippen LogP contribution < -0.4 is 0 Å². The van der Waals surface area contributed by atoms with Gasteiger partial charge in [0, 0.05) is 18.4 Å². The highest BCUT2D eigenvalue weighted by atomic mass is 79.9. The van der Waals surface area contributed by atoms with E-state index in [2.05, 4.69) is 15.9 Å². The molecule has 0 bridgehead atoms. The minimum absolute atomic E-state index is 0.0324. The molecular formula is C28H35BrFNO5. The molecule has 1 saturated carbocycles. The molecule has 2 aromatic carbocycles. The van der Waals surface area contributed by atoms with E-state index in [4.69, 9.17) is 14.2 Å². The van der Waals surface area contributed by atoms with Crippen molar-refractivity contribution in [2.45, 2.75) is 44.1 Å². The van der Waals surface area contributed by atoms with E-state index in [-0.39, 0.29) is 11.7 Å². The summed E-state index contributed by atoms with van der Waals surface area (Å²) in [6, 6.07) is 13.5. The van der Waals surface area contributed by atoms with Gasteiger partial charge in [-0.3, -0.25) is 4.79 Å². The highest BCUT2D eigenvalue weighted by molar-refractivity contribution is 9.09. The molecule has 0 unspecified atom stereocenters. The van der Waals surface area contributed by atoms with E-state index in [1.54, 1.807) is 24.3 Å². The van der Waals surface area contributed by atoms with Gasteiger partial charge in [0.1, 0.15) is 5.82 Å². The number of methoxy groups -OCH3 is 1. The van der Waals surface area contributed by atoms with Gasteiger partial charge in [0.15, 0.2) is 0 Å². The molecular weight excluding hydrogens is 529 g/mol. The van der Waals surface area contributed by atoms with Crippen LogP contribution in [0, 0.1) is 5.82 Å². The van der Waals surface area contributed by atoms with Crippen LogP contribution in [0.25, 0.3) is 0 Å². The monoisotopic (exact) mass is 563 g/mol. The highest BCUT2D eigenvalue weighted by Crippen LogP contribution is 2.41. The van der Waals surface area contributed by atoms with Crippen molar-refractivity contribution in [3.63, 3.8) is 0 Å². The van der Waals surface area contributed by atoms with Gasteiger partial charge in [-0.25, -0.2) is 9.18 Å². The normalized spacial score (nSPS) is 14.9. The fraction of sp³-hybridized carbons (Fsp3) is 0.500. The van der Waals surface area contributed by atoms with Crippen LogP contribution in [0.15, 0.2) is 48.5 Å². The third-order valence-electron chi connectivity index (χ3n) is 6.65. The number of esters is 1. The zero-order valence-corrected chi connectivity index (χ0v) is 22.4. The number of hydrogen-bond donors (Lipinski definition) is 0. The SMILES string of the molecule is COC(=O)c1ccc(CN(CCOCCOCCBr)C(=O)C2(c3ccc(F)cc3)CCCCC2)cc1. The number of halogens is 2. The lowest BCUT2D eigenvalue weighted by molar-refractivity contribution is -0.140. The van der Waals surface area contributed by atoms with Gasteiger partial charge in [-0.15, -0.1) is 0 Å². The Kier molecular flexibility index (Phi) is 11.4. The van der Waals surface area contributed by atoms with Crippen molar-refractivity contribution in [3.8, 4) is 0 Å². The summed E-state index contributed by atoms with van der Waals surface area (Å²) in [6.45, 7) is 2.74. The summed E-state index contributed by atoms with van der Waals surface area (Å²) in [7, 11) is 1.35. The second kappa shape index (κ2) is 14.4. The lowest BCUT2D eigenvalue weighted by Crippen LogP contribution is -2.48. The van der Waals surface area contributed by atoms with Gasteiger partial charge in [0.05, 0.1) is 44.5 Å². The average Bonchev–Trinajstić information content (AvgIpc) is 2.92. The van der Waals surface area contributed by atoms with Gasteiger partial charge in [0.25, 0.3) is 0 Å². The topological polar surface area (TPSA) is 65.1 Å². The molecule has 0 saturated heterocycles. The number of carbonyl (C=O) groups is 2. The maximum atomic E-state index is 14.2. The number of benzene rings is 2. The second-order valence-electron chi connectivity index (χ2n) is 8.98. The quantitative estimate of drug-likeness (QED) is 0.189. The van der Waals surface area contributed by atoms with E-state index < -0.39 is 11.4 Å². The van der Waals surface area contributed by atoms with Crippen molar-refractivity contribution in [1.82, 2.24) is 4.90 Å². The molecule has 8 heteroatoms. The first-order valence-electron chi connectivity index (χ1n) is 12.4. The summed E-state index contributed by atoms with van der Waals surface area (Å²) >= 11 is 3.32. The Morgan fingerprint density at radius 1 is 0.917 bits per heavy atom. The Labute approximate surface area is 221 Å². The largest absolute Gasteiger partial charge is 0.465 e. The maximum absolute atomic E-state index is 14.2. The van der Waals surface area contributed by atoms with Gasteiger partial charge in [-0.05, 0) is 48.2 Å². The van der Waals surface area contributed by atoms with E-state index in [9.17, 15) is 14.0 Å². The first-order valence-corrected chi connectivity index (χ1v) is 13.6. The molecule has 1 fully saturated rings. The Morgan fingerprint density at radius 2 is 1.56 bits per heavy atom. The molecule has 1 amide bonds. The van der Waals surface area contributed by atoms with Crippen LogP contribution in [0.4, 0.5) is 4.39 Å². The van der Waals surface area contributed by atoms with Crippen LogP contribution in [0.1, 0.15) is 53.6 Å². The summed E-state index contributed by atoms with van der Waals surface area (Å²) in [4.78, 5) is 27.9. The number of amides is 1. The molecule has 0 radical (unpaired) electrons. The van der Waals surface area contributed by atoms with Crippen molar-refractivity contribution in [2.75, 3.05) is 45.4 Å². The number of carbonyl (C=O) groups excluding carboxylic acids is 2. The molecule has 0 heterocycles. The summed E-state index contributed by atoms with van der Waals surface area (Å²) in [5, 5.41) is 0.773. The van der Waals surface area contributed by atoms with Crippen molar-refractivity contribution in [3.05, 3.63) is 71.0 Å². The number of hydrogen-bond acceptors (Lipinski definition) is 5. The average molecular weight is 564 g/mol. The Hall–Kier alpha value is -2.29. The van der Waals surface area contributed by atoms with E-state index in [0.717, 1.165) is 48.6 Å². The first-order chi connectivity index (χ1) is 17.5. The Bertz CT molecular complexity index is 961. The molecule has 0 N–H and O–H groups in total. The molecule has 2 aromatic rings. The standard InChI is InChI=1S/C28H35BrFNO5/c1-34-26(32)23-7-5-22(6-8-23)21-31(16-18-36-20-19-35-17-15-29)27(33)28(13-3-2-4-14-28)24-9-11-25(30)12-10-24/h5-12H,2-4,13-21H2,1H3. The van der Waals surface area contributed by atoms with Gasteiger partial charge >= 0.3 is 5.97 Å². The minimum atomic E-state index is -0.684. The fourth-order valence-electron chi connectivity index (χ4n) is 4.74. The van der Waals surface area contributed by atoms with E-state index >= 15 is 0 Å². The lowest BCUT2D eigenvalue weighted by Gasteiger charge is -2.40. The molecule has 0 aliphatic heterocycles. The van der Waals surface area contributed by atoms with Gasteiger partial charge in [-0.1, -0.05) is 59.5 Å². The van der Waals surface area contributed by atoms with E-state index in [0.29, 0.717) is 45.1 Å². The molecule has 196 valence electrons. The van der Waals surface area contributed by atoms with Crippen molar-refractivity contribution >= 4 is 27.8 Å². The predicted octanol–water partition coefficient (Wildman–Crippen LogP) is 5.27.